The van der Waals surface area contributed by atoms with Crippen molar-refractivity contribution in [3.8, 4) is 0 Å². The third-order valence-corrected chi connectivity index (χ3v) is 5.51. The lowest BCUT2D eigenvalue weighted by molar-refractivity contribution is -0.131. The van der Waals surface area contributed by atoms with Crippen molar-refractivity contribution in [2.45, 2.75) is 45.6 Å². The zero-order chi connectivity index (χ0) is 16.7. The summed E-state index contributed by atoms with van der Waals surface area (Å²) in [5.41, 5.74) is 5.11. The summed E-state index contributed by atoms with van der Waals surface area (Å²) in [5, 5.41) is 4.60. The van der Waals surface area contributed by atoms with Crippen LogP contribution in [0.2, 0.25) is 0 Å². The van der Waals surface area contributed by atoms with Gasteiger partial charge in [0.1, 0.15) is 0 Å². The molecule has 0 saturated carbocycles. The van der Waals surface area contributed by atoms with E-state index in [0.29, 0.717) is 24.3 Å². The fourth-order valence-electron chi connectivity index (χ4n) is 4.35. The molecule has 0 radical (unpaired) electrons. The Morgan fingerprint density at radius 3 is 2.54 bits per heavy atom. The lowest BCUT2D eigenvalue weighted by Crippen LogP contribution is -2.31. The van der Waals surface area contributed by atoms with Crippen molar-refractivity contribution >= 4 is 5.91 Å². The second-order valence-electron chi connectivity index (χ2n) is 7.40. The first-order valence-corrected chi connectivity index (χ1v) is 8.97. The number of hydrogen-bond acceptors (Lipinski definition) is 2. The van der Waals surface area contributed by atoms with Gasteiger partial charge in [0.15, 0.2) is 0 Å². The van der Waals surface area contributed by atoms with Crippen LogP contribution in [0.1, 0.15) is 41.4 Å². The Bertz CT molecular complexity index is 739. The minimum Gasteiger partial charge on any atom is -0.340 e. The molecule has 0 bridgehead atoms. The molecule has 1 aliphatic carbocycles. The predicted octanol–water partition coefficient (Wildman–Crippen LogP) is 3.08. The summed E-state index contributed by atoms with van der Waals surface area (Å²) in [6, 6.07) is 11.1. The molecule has 1 fully saturated rings. The number of aromatic nitrogens is 2. The van der Waals surface area contributed by atoms with E-state index in [1.54, 1.807) is 0 Å². The molecule has 1 aromatic carbocycles. The Labute approximate surface area is 143 Å². The average molecular weight is 323 g/mol. The van der Waals surface area contributed by atoms with Crippen LogP contribution < -0.4 is 0 Å². The van der Waals surface area contributed by atoms with E-state index < -0.39 is 0 Å². The van der Waals surface area contributed by atoms with Crippen LogP contribution in [0.5, 0.6) is 0 Å². The van der Waals surface area contributed by atoms with Crippen molar-refractivity contribution in [3.05, 3.63) is 52.8 Å². The summed E-state index contributed by atoms with van der Waals surface area (Å²) in [6.07, 6.45) is 3.80. The van der Waals surface area contributed by atoms with E-state index in [2.05, 4.69) is 47.0 Å². The maximum Gasteiger partial charge on any atom is 0.222 e. The summed E-state index contributed by atoms with van der Waals surface area (Å²) in [5.74, 6) is 0.791. The van der Waals surface area contributed by atoms with Crippen LogP contribution >= 0.6 is 0 Å². The van der Waals surface area contributed by atoms with Crippen LogP contribution in [0.4, 0.5) is 0 Å². The molecule has 2 heterocycles. The number of benzene rings is 1. The van der Waals surface area contributed by atoms with E-state index in [1.165, 1.54) is 16.8 Å². The van der Waals surface area contributed by atoms with Gasteiger partial charge in [0.05, 0.1) is 11.7 Å². The van der Waals surface area contributed by atoms with Gasteiger partial charge in [-0.15, -0.1) is 0 Å². The van der Waals surface area contributed by atoms with Gasteiger partial charge in [0, 0.05) is 25.2 Å². The van der Waals surface area contributed by atoms with Gasteiger partial charge in [-0.1, -0.05) is 24.3 Å². The molecule has 1 aromatic heterocycles. The molecule has 0 unspecified atom stereocenters. The quantitative estimate of drug-likeness (QED) is 0.870. The molecule has 4 heteroatoms. The Balaban J connectivity index is 1.36. The first-order valence-electron chi connectivity index (χ1n) is 8.97. The second-order valence-corrected chi connectivity index (χ2v) is 7.40. The van der Waals surface area contributed by atoms with E-state index in [1.807, 2.05) is 11.8 Å². The van der Waals surface area contributed by atoms with Crippen LogP contribution in [0.15, 0.2) is 30.3 Å². The molecule has 126 valence electrons. The Morgan fingerprint density at radius 2 is 1.92 bits per heavy atom. The summed E-state index contributed by atoms with van der Waals surface area (Å²) < 4.78 is 2.11. The molecule has 2 aliphatic rings. The minimum absolute atomic E-state index is 0.317. The van der Waals surface area contributed by atoms with Crippen LogP contribution in [0.3, 0.4) is 0 Å². The third kappa shape index (κ3) is 2.85. The monoisotopic (exact) mass is 323 g/mol. The average Bonchev–Trinajstić information content (AvgIpc) is 3.24. The second kappa shape index (κ2) is 6.08. The molecule has 0 N–H and O–H groups in total. The topological polar surface area (TPSA) is 38.1 Å². The number of likely N-dealkylation sites (tertiary alicyclic amines) is 1. The molecule has 1 atom stereocenters. The van der Waals surface area contributed by atoms with Crippen LogP contribution in [0, 0.1) is 19.8 Å². The van der Waals surface area contributed by atoms with Crippen LogP contribution in [-0.2, 0) is 17.6 Å². The molecule has 4 nitrogen and oxygen atoms in total. The summed E-state index contributed by atoms with van der Waals surface area (Å²) in [7, 11) is 0. The molecular weight excluding hydrogens is 298 g/mol. The SMILES string of the molecule is Cc1cc(C)n([C@@H]2CCN(C(=O)CC3Cc4ccccc4C3)C2)n1. The molecule has 1 aliphatic heterocycles. The Hall–Kier alpha value is -2.10. The Kier molecular flexibility index (Phi) is 3.91. The predicted molar refractivity (Wildman–Crippen MR) is 93.9 cm³/mol. The van der Waals surface area contributed by atoms with Gasteiger partial charge in [-0.05, 0) is 56.2 Å². The van der Waals surface area contributed by atoms with Crippen molar-refractivity contribution in [2.75, 3.05) is 13.1 Å². The van der Waals surface area contributed by atoms with Gasteiger partial charge in [-0.25, -0.2) is 0 Å². The molecule has 2 aromatic rings. The number of rotatable bonds is 3. The summed E-state index contributed by atoms with van der Waals surface area (Å²) in [6.45, 7) is 5.79. The smallest absolute Gasteiger partial charge is 0.222 e. The molecular formula is C20H25N3O. The first kappa shape index (κ1) is 15.4. The normalized spacial score (nSPS) is 20.6. The molecule has 1 saturated heterocycles. The highest BCUT2D eigenvalue weighted by Gasteiger charge is 2.31. The highest BCUT2D eigenvalue weighted by atomic mass is 16.2. The van der Waals surface area contributed by atoms with E-state index in [4.69, 9.17) is 0 Å². The van der Waals surface area contributed by atoms with Crippen LogP contribution in [0.25, 0.3) is 0 Å². The fourth-order valence-corrected chi connectivity index (χ4v) is 4.35. The summed E-state index contributed by atoms with van der Waals surface area (Å²) >= 11 is 0. The number of nitrogens with zero attached hydrogens (tertiary/aromatic N) is 3. The largest absolute Gasteiger partial charge is 0.340 e. The van der Waals surface area contributed by atoms with Gasteiger partial charge >= 0.3 is 0 Å². The molecule has 1 amide bonds. The van der Waals surface area contributed by atoms with Gasteiger partial charge in [0.2, 0.25) is 5.91 Å². The molecule has 0 spiro atoms. The standard InChI is InChI=1S/C20H25N3O/c1-14-9-15(2)23(21-14)19-7-8-22(13-19)20(24)12-16-10-17-5-3-4-6-18(17)11-16/h3-6,9,16,19H,7-8,10-13H2,1-2H3/t19-/m1/s1. The van der Waals surface area contributed by atoms with Gasteiger partial charge in [0.25, 0.3) is 0 Å². The first-order chi connectivity index (χ1) is 11.6. The number of carbonyl (C=O) groups excluding carboxylic acids is 1. The van der Waals surface area contributed by atoms with Crippen molar-refractivity contribution in [2.24, 2.45) is 5.92 Å². The van der Waals surface area contributed by atoms with Gasteiger partial charge in [-0.3, -0.25) is 9.48 Å². The fraction of sp³-hybridized carbons (Fsp3) is 0.500. The minimum atomic E-state index is 0.317. The maximum atomic E-state index is 12.7. The number of aryl methyl sites for hydroxylation is 2. The zero-order valence-electron chi connectivity index (χ0n) is 14.5. The van der Waals surface area contributed by atoms with Crippen molar-refractivity contribution in [3.63, 3.8) is 0 Å². The number of carbonyl (C=O) groups is 1. The maximum absolute atomic E-state index is 12.7. The lowest BCUT2D eigenvalue weighted by atomic mass is 10.0. The number of amides is 1. The van der Waals surface area contributed by atoms with Gasteiger partial charge in [-0.2, -0.15) is 5.10 Å². The molecule has 24 heavy (non-hydrogen) atoms. The third-order valence-electron chi connectivity index (χ3n) is 5.51. The highest BCUT2D eigenvalue weighted by molar-refractivity contribution is 5.77. The van der Waals surface area contributed by atoms with E-state index in [-0.39, 0.29) is 0 Å². The van der Waals surface area contributed by atoms with E-state index >= 15 is 0 Å². The van der Waals surface area contributed by atoms with E-state index in [9.17, 15) is 4.79 Å². The van der Waals surface area contributed by atoms with Crippen LogP contribution in [-0.4, -0.2) is 33.7 Å². The van der Waals surface area contributed by atoms with Crippen molar-refractivity contribution in [1.29, 1.82) is 0 Å². The Morgan fingerprint density at radius 1 is 1.21 bits per heavy atom. The molecule has 4 rings (SSSR count). The number of hydrogen-bond donors (Lipinski definition) is 0. The number of fused-ring (bicyclic) bond motifs is 1. The van der Waals surface area contributed by atoms with Crippen molar-refractivity contribution < 1.29 is 4.79 Å². The van der Waals surface area contributed by atoms with Crippen molar-refractivity contribution in [1.82, 2.24) is 14.7 Å². The van der Waals surface area contributed by atoms with Gasteiger partial charge < -0.3 is 4.90 Å². The lowest BCUT2D eigenvalue weighted by Gasteiger charge is -2.19. The zero-order valence-corrected chi connectivity index (χ0v) is 14.5. The highest BCUT2D eigenvalue weighted by Crippen LogP contribution is 2.30. The van der Waals surface area contributed by atoms with E-state index in [0.717, 1.165) is 38.0 Å². The summed E-state index contributed by atoms with van der Waals surface area (Å²) in [4.78, 5) is 14.8.